The minimum Gasteiger partial charge on any atom is -0.477 e. The summed E-state index contributed by atoms with van der Waals surface area (Å²) in [6.45, 7) is 0. The average Bonchev–Trinajstić information content (AvgIpc) is 2.94. The largest absolute Gasteiger partial charge is 0.477 e. The van der Waals surface area contributed by atoms with Gasteiger partial charge in [-0.15, -0.1) is 0 Å². The number of aromatic nitrogens is 4. The van der Waals surface area contributed by atoms with Gasteiger partial charge in [0.1, 0.15) is 29.3 Å². The molecule has 3 heterocycles. The number of aromatic carboxylic acids is 1. The van der Waals surface area contributed by atoms with Gasteiger partial charge in [-0.2, -0.15) is 0 Å². The highest BCUT2D eigenvalue weighted by Gasteiger charge is 2.12. The molecule has 3 aromatic heterocycles. The summed E-state index contributed by atoms with van der Waals surface area (Å²) in [5, 5.41) is 19.8. The number of pyridine rings is 1. The molecule has 0 aliphatic rings. The van der Waals surface area contributed by atoms with Crippen LogP contribution in [-0.4, -0.2) is 37.2 Å². The number of nitrogens with two attached hydrogens (primary N) is 1. The Morgan fingerprint density at radius 3 is 2.91 bits per heavy atom. The van der Waals surface area contributed by atoms with Crippen molar-refractivity contribution in [1.29, 1.82) is 5.41 Å². The number of rotatable bonds is 4. The molecule has 0 amide bonds. The molecule has 0 unspecified atom stereocenters. The second-order valence-corrected chi connectivity index (χ2v) is 4.44. The predicted octanol–water partition coefficient (Wildman–Crippen LogP) is 1.37. The van der Waals surface area contributed by atoms with E-state index >= 15 is 0 Å². The number of nitrogens with zero attached hydrogens (tertiary/aromatic N) is 3. The van der Waals surface area contributed by atoms with E-state index in [0.29, 0.717) is 33.9 Å². The fraction of sp³-hybridized carbons (Fsp3) is 0. The highest BCUT2D eigenvalue weighted by molar-refractivity contribution is 5.97. The predicted molar refractivity (Wildman–Crippen MR) is 80.7 cm³/mol. The maximum atomic E-state index is 11.0. The van der Waals surface area contributed by atoms with Gasteiger partial charge >= 0.3 is 5.97 Å². The lowest BCUT2D eigenvalue weighted by Gasteiger charge is -2.07. The third-order valence-corrected chi connectivity index (χ3v) is 3.03. The quantitative estimate of drug-likeness (QED) is 0.455. The molecular formula is C13H11N7O2. The molecule has 0 radical (unpaired) electrons. The van der Waals surface area contributed by atoms with E-state index in [1.54, 1.807) is 6.07 Å². The Kier molecular flexibility index (Phi) is 3.14. The summed E-state index contributed by atoms with van der Waals surface area (Å²) < 4.78 is 0. The second kappa shape index (κ2) is 5.13. The van der Waals surface area contributed by atoms with Crippen LogP contribution in [0.3, 0.4) is 0 Å². The highest BCUT2D eigenvalue weighted by Crippen LogP contribution is 2.24. The Hall–Kier alpha value is -3.49. The minimum atomic E-state index is -1.08. The van der Waals surface area contributed by atoms with Gasteiger partial charge in [-0.1, -0.05) is 0 Å². The summed E-state index contributed by atoms with van der Waals surface area (Å²) in [5.74, 6) is -0.242. The molecule has 0 aliphatic carbocycles. The van der Waals surface area contributed by atoms with E-state index in [1.807, 2.05) is 0 Å². The van der Waals surface area contributed by atoms with Crippen LogP contribution in [0.4, 0.5) is 17.3 Å². The van der Waals surface area contributed by atoms with Crippen LogP contribution < -0.4 is 11.1 Å². The van der Waals surface area contributed by atoms with Gasteiger partial charge < -0.3 is 26.6 Å². The van der Waals surface area contributed by atoms with Gasteiger partial charge in [0, 0.05) is 11.8 Å². The number of hydrogen-bond donors (Lipinski definition) is 5. The molecule has 0 saturated carbocycles. The van der Waals surface area contributed by atoms with E-state index in [1.165, 1.54) is 18.6 Å². The Balaban J connectivity index is 2.03. The zero-order valence-electron chi connectivity index (χ0n) is 11.2. The number of aromatic amines is 1. The molecule has 6 N–H and O–H groups in total. The highest BCUT2D eigenvalue weighted by atomic mass is 16.4. The van der Waals surface area contributed by atoms with Crippen molar-refractivity contribution in [3.8, 4) is 0 Å². The molecule has 0 bridgehead atoms. The molecule has 9 heteroatoms. The summed E-state index contributed by atoms with van der Waals surface area (Å²) in [6.07, 6.45) is 3.86. The number of H-pyrrole nitrogens is 1. The number of carboxylic acids is 1. The van der Waals surface area contributed by atoms with Crippen molar-refractivity contribution in [3.05, 3.63) is 35.9 Å². The first-order valence-corrected chi connectivity index (χ1v) is 6.18. The van der Waals surface area contributed by atoms with Gasteiger partial charge in [0.2, 0.25) is 0 Å². The van der Waals surface area contributed by atoms with Crippen LogP contribution in [0.1, 0.15) is 16.1 Å². The molecule has 110 valence electrons. The monoisotopic (exact) mass is 297 g/mol. The van der Waals surface area contributed by atoms with E-state index in [-0.39, 0.29) is 5.69 Å². The van der Waals surface area contributed by atoms with Crippen LogP contribution in [0, 0.1) is 5.41 Å². The number of carboxylic acid groups (broad SMARTS) is 1. The fourth-order valence-corrected chi connectivity index (χ4v) is 1.95. The third-order valence-electron chi connectivity index (χ3n) is 3.03. The molecule has 0 spiro atoms. The molecular weight excluding hydrogens is 286 g/mol. The van der Waals surface area contributed by atoms with Gasteiger partial charge in [-0.3, -0.25) is 0 Å². The van der Waals surface area contributed by atoms with Gasteiger partial charge in [-0.25, -0.2) is 19.7 Å². The molecule has 22 heavy (non-hydrogen) atoms. The van der Waals surface area contributed by atoms with Gasteiger partial charge in [0.15, 0.2) is 0 Å². The Morgan fingerprint density at radius 1 is 1.36 bits per heavy atom. The van der Waals surface area contributed by atoms with Crippen LogP contribution in [-0.2, 0) is 0 Å². The van der Waals surface area contributed by atoms with Crippen molar-refractivity contribution in [3.63, 3.8) is 0 Å². The van der Waals surface area contributed by atoms with Crippen molar-refractivity contribution in [2.75, 3.05) is 11.1 Å². The smallest absolute Gasteiger partial charge is 0.352 e. The van der Waals surface area contributed by atoms with Crippen molar-refractivity contribution >= 4 is 40.5 Å². The van der Waals surface area contributed by atoms with Crippen molar-refractivity contribution in [1.82, 2.24) is 19.9 Å². The van der Waals surface area contributed by atoms with Crippen LogP contribution in [0.25, 0.3) is 11.0 Å². The molecule has 0 aliphatic heterocycles. The minimum absolute atomic E-state index is 0.0176. The summed E-state index contributed by atoms with van der Waals surface area (Å²) in [4.78, 5) is 25.9. The first-order valence-electron chi connectivity index (χ1n) is 6.18. The maximum Gasteiger partial charge on any atom is 0.352 e. The number of hydrogen-bond acceptors (Lipinski definition) is 7. The summed E-state index contributed by atoms with van der Waals surface area (Å²) >= 11 is 0. The number of anilines is 3. The lowest BCUT2D eigenvalue weighted by Crippen LogP contribution is -2.00. The Bertz CT molecular complexity index is 887. The van der Waals surface area contributed by atoms with E-state index in [4.69, 9.17) is 16.2 Å². The van der Waals surface area contributed by atoms with Crippen molar-refractivity contribution in [2.45, 2.75) is 0 Å². The summed E-state index contributed by atoms with van der Waals surface area (Å²) in [5.41, 5.74) is 7.01. The zero-order chi connectivity index (χ0) is 15.7. The molecule has 9 nitrogen and oxygen atoms in total. The zero-order valence-corrected chi connectivity index (χ0v) is 11.2. The Labute approximate surface area is 123 Å². The van der Waals surface area contributed by atoms with Gasteiger partial charge in [-0.05, 0) is 12.1 Å². The Morgan fingerprint density at radius 2 is 2.18 bits per heavy atom. The fourth-order valence-electron chi connectivity index (χ4n) is 1.95. The first-order chi connectivity index (χ1) is 10.6. The second-order valence-electron chi connectivity index (χ2n) is 4.44. The van der Waals surface area contributed by atoms with E-state index < -0.39 is 5.97 Å². The van der Waals surface area contributed by atoms with E-state index in [0.717, 1.165) is 6.21 Å². The number of fused-ring (bicyclic) bond motifs is 1. The van der Waals surface area contributed by atoms with Crippen molar-refractivity contribution in [2.24, 2.45) is 0 Å². The van der Waals surface area contributed by atoms with Crippen LogP contribution in [0.15, 0.2) is 24.7 Å². The normalized spacial score (nSPS) is 10.5. The standard InChI is InChI=1S/C13H11N7O2/c14-3-6-1-10(16-4-8(6)15)20-12-7-2-9(13(21)22)19-11(7)17-5-18-12/h1-5,14H,15H2,(H,21,22)(H2,16,17,18,19,20). The van der Waals surface area contributed by atoms with E-state index in [9.17, 15) is 4.79 Å². The van der Waals surface area contributed by atoms with E-state index in [2.05, 4.69) is 25.3 Å². The molecule has 0 atom stereocenters. The molecule has 0 saturated heterocycles. The van der Waals surface area contributed by atoms with Crippen molar-refractivity contribution < 1.29 is 9.90 Å². The van der Waals surface area contributed by atoms with Gasteiger partial charge in [0.25, 0.3) is 0 Å². The average molecular weight is 297 g/mol. The summed E-state index contributed by atoms with van der Waals surface area (Å²) in [7, 11) is 0. The SMILES string of the molecule is N=Cc1cc(Nc2ncnc3[nH]c(C(=O)O)cc23)ncc1N. The molecule has 3 rings (SSSR count). The van der Waals surface area contributed by atoms with Crippen LogP contribution in [0.5, 0.6) is 0 Å². The number of carbonyl (C=O) groups is 1. The number of nitrogens with one attached hydrogen (secondary N) is 3. The summed E-state index contributed by atoms with van der Waals surface area (Å²) in [6, 6.07) is 3.04. The number of nitrogen functional groups attached to an aromatic ring is 1. The molecule has 0 aromatic carbocycles. The van der Waals surface area contributed by atoms with Crippen LogP contribution >= 0.6 is 0 Å². The van der Waals surface area contributed by atoms with Gasteiger partial charge in [0.05, 0.1) is 17.3 Å². The molecule has 3 aromatic rings. The topological polar surface area (TPSA) is 154 Å². The first kappa shape index (κ1) is 13.5. The lowest BCUT2D eigenvalue weighted by atomic mass is 10.2. The van der Waals surface area contributed by atoms with Crippen LogP contribution in [0.2, 0.25) is 0 Å². The lowest BCUT2D eigenvalue weighted by molar-refractivity contribution is 0.0691. The maximum absolute atomic E-state index is 11.0. The molecule has 0 fully saturated rings. The third kappa shape index (κ3) is 2.30.